The van der Waals surface area contributed by atoms with Gasteiger partial charge >= 0.3 is 0 Å². The topological polar surface area (TPSA) is 60.4 Å². The summed E-state index contributed by atoms with van der Waals surface area (Å²) in [5.41, 5.74) is 1.37. The SMILES string of the molecule is [B]c1ccc(Nc2cc(N(C)C)nc(N3CCN(c4ccccn4)CC3)n2)c(Cl)c1. The summed E-state index contributed by atoms with van der Waals surface area (Å²) in [5, 5.41) is 3.84. The molecule has 1 fully saturated rings. The van der Waals surface area contributed by atoms with Gasteiger partial charge in [0.15, 0.2) is 0 Å². The van der Waals surface area contributed by atoms with Crippen LogP contribution in [-0.2, 0) is 0 Å². The molecule has 0 unspecified atom stereocenters. The lowest BCUT2D eigenvalue weighted by atomic mass is 9.96. The van der Waals surface area contributed by atoms with Crippen LogP contribution < -0.4 is 25.5 Å². The Morgan fingerprint density at radius 3 is 2.43 bits per heavy atom. The molecule has 1 N–H and O–H groups in total. The minimum atomic E-state index is 0.547. The molecule has 9 heteroatoms. The van der Waals surface area contributed by atoms with Crippen molar-refractivity contribution in [2.75, 3.05) is 60.3 Å². The van der Waals surface area contributed by atoms with E-state index < -0.39 is 0 Å². The van der Waals surface area contributed by atoms with E-state index in [9.17, 15) is 0 Å². The number of piperazine rings is 1. The lowest BCUT2D eigenvalue weighted by Gasteiger charge is -2.35. The molecule has 2 aromatic heterocycles. The van der Waals surface area contributed by atoms with Crippen molar-refractivity contribution >= 4 is 54.0 Å². The van der Waals surface area contributed by atoms with Crippen molar-refractivity contribution in [1.29, 1.82) is 0 Å². The molecule has 1 aromatic carbocycles. The molecule has 2 radical (unpaired) electrons. The van der Waals surface area contributed by atoms with Gasteiger partial charge in [0, 0.05) is 52.5 Å². The second kappa shape index (κ2) is 8.79. The average molecular weight is 420 g/mol. The Labute approximate surface area is 183 Å². The maximum atomic E-state index is 6.33. The zero-order valence-electron chi connectivity index (χ0n) is 17.1. The van der Waals surface area contributed by atoms with Gasteiger partial charge in [-0.1, -0.05) is 29.2 Å². The molecule has 1 saturated heterocycles. The smallest absolute Gasteiger partial charge is 0.229 e. The molecule has 0 spiro atoms. The maximum absolute atomic E-state index is 6.33. The van der Waals surface area contributed by atoms with Gasteiger partial charge in [-0.2, -0.15) is 9.97 Å². The summed E-state index contributed by atoms with van der Waals surface area (Å²) in [6.07, 6.45) is 1.83. The molecule has 4 rings (SSSR count). The molecule has 0 bridgehead atoms. The quantitative estimate of drug-likeness (QED) is 0.637. The molecule has 152 valence electrons. The number of nitrogens with one attached hydrogen (secondary N) is 1. The highest BCUT2D eigenvalue weighted by atomic mass is 35.5. The van der Waals surface area contributed by atoms with Gasteiger partial charge in [0.25, 0.3) is 0 Å². The Hall–Kier alpha value is -3.00. The Bertz CT molecular complexity index is 1010. The second-order valence-electron chi connectivity index (χ2n) is 7.33. The Morgan fingerprint density at radius 2 is 1.77 bits per heavy atom. The van der Waals surface area contributed by atoms with Crippen LogP contribution in [0, 0.1) is 0 Å². The molecule has 0 saturated carbocycles. The Morgan fingerprint density at radius 1 is 1.00 bits per heavy atom. The first-order valence-electron chi connectivity index (χ1n) is 9.79. The molecule has 3 heterocycles. The van der Waals surface area contributed by atoms with Crippen LogP contribution in [0.1, 0.15) is 0 Å². The number of pyridine rings is 1. The van der Waals surface area contributed by atoms with Crippen molar-refractivity contribution in [3.63, 3.8) is 0 Å². The van der Waals surface area contributed by atoms with E-state index >= 15 is 0 Å². The van der Waals surface area contributed by atoms with Gasteiger partial charge in [-0.15, -0.1) is 0 Å². The van der Waals surface area contributed by atoms with Gasteiger partial charge in [0.05, 0.1) is 10.7 Å². The molecule has 1 aliphatic heterocycles. The van der Waals surface area contributed by atoms with Gasteiger partial charge in [0.2, 0.25) is 5.95 Å². The third kappa shape index (κ3) is 4.59. The van der Waals surface area contributed by atoms with Gasteiger partial charge in [-0.05, 0) is 24.3 Å². The fourth-order valence-corrected chi connectivity index (χ4v) is 3.54. The van der Waals surface area contributed by atoms with Gasteiger partial charge < -0.3 is 20.0 Å². The van der Waals surface area contributed by atoms with Crippen LogP contribution in [0.2, 0.25) is 5.02 Å². The number of hydrogen-bond acceptors (Lipinski definition) is 7. The number of anilines is 5. The number of nitrogens with zero attached hydrogens (tertiary/aromatic N) is 6. The molecular formula is C21H23BClN7. The standard InChI is InChI=1S/C21H23BClN7/c1-28(2)20-14-18(25-17-7-6-15(22)13-16(17)23)26-21(27-20)30-11-9-29(10-12-30)19-5-3-4-8-24-19/h3-8,13-14H,9-12H2,1-2H3,(H,25,26,27). The van der Waals surface area contributed by atoms with Crippen LogP contribution in [0.4, 0.5) is 29.1 Å². The van der Waals surface area contributed by atoms with Crippen LogP contribution in [0.25, 0.3) is 0 Å². The lowest BCUT2D eigenvalue weighted by Crippen LogP contribution is -2.47. The van der Waals surface area contributed by atoms with Crippen LogP contribution in [0.15, 0.2) is 48.7 Å². The van der Waals surface area contributed by atoms with Crippen molar-refractivity contribution in [2.24, 2.45) is 0 Å². The van der Waals surface area contributed by atoms with Crippen LogP contribution >= 0.6 is 11.6 Å². The van der Waals surface area contributed by atoms with Crippen molar-refractivity contribution in [1.82, 2.24) is 15.0 Å². The highest BCUT2D eigenvalue weighted by Crippen LogP contribution is 2.27. The van der Waals surface area contributed by atoms with Crippen LogP contribution in [-0.4, -0.2) is 63.1 Å². The highest BCUT2D eigenvalue weighted by molar-refractivity contribution is 6.37. The minimum absolute atomic E-state index is 0.547. The largest absolute Gasteiger partial charge is 0.363 e. The van der Waals surface area contributed by atoms with Gasteiger partial charge in [-0.25, -0.2) is 4.98 Å². The number of rotatable bonds is 5. The fraction of sp³-hybridized carbons (Fsp3) is 0.286. The highest BCUT2D eigenvalue weighted by Gasteiger charge is 2.21. The number of benzene rings is 1. The molecule has 3 aromatic rings. The third-order valence-electron chi connectivity index (χ3n) is 4.95. The van der Waals surface area contributed by atoms with E-state index in [1.165, 1.54) is 0 Å². The predicted molar refractivity (Wildman–Crippen MR) is 125 cm³/mol. The third-order valence-corrected chi connectivity index (χ3v) is 5.26. The summed E-state index contributed by atoms with van der Waals surface area (Å²) < 4.78 is 0. The van der Waals surface area contributed by atoms with Gasteiger partial charge in [0.1, 0.15) is 25.3 Å². The molecule has 1 aliphatic rings. The van der Waals surface area contributed by atoms with Crippen molar-refractivity contribution in [2.45, 2.75) is 0 Å². The monoisotopic (exact) mass is 419 g/mol. The van der Waals surface area contributed by atoms with Crippen molar-refractivity contribution in [3.8, 4) is 0 Å². The van der Waals surface area contributed by atoms with E-state index in [-0.39, 0.29) is 0 Å². The molecule has 30 heavy (non-hydrogen) atoms. The molecule has 0 aliphatic carbocycles. The first-order valence-corrected chi connectivity index (χ1v) is 10.2. The maximum Gasteiger partial charge on any atom is 0.229 e. The Kier molecular flexibility index (Phi) is 5.94. The van der Waals surface area contributed by atoms with Gasteiger partial charge in [-0.3, -0.25) is 0 Å². The predicted octanol–water partition coefficient (Wildman–Crippen LogP) is 2.46. The van der Waals surface area contributed by atoms with E-state index in [2.05, 4.69) is 20.1 Å². The first kappa shape index (κ1) is 20.3. The number of aromatic nitrogens is 3. The molecule has 0 atom stereocenters. The summed E-state index contributed by atoms with van der Waals surface area (Å²) >= 11 is 6.33. The number of halogens is 1. The van der Waals surface area contributed by atoms with E-state index in [4.69, 9.17) is 29.4 Å². The Balaban J connectivity index is 1.54. The van der Waals surface area contributed by atoms with Crippen molar-refractivity contribution in [3.05, 3.63) is 53.7 Å². The molecule has 0 amide bonds. The van der Waals surface area contributed by atoms with Crippen molar-refractivity contribution < 1.29 is 0 Å². The molecular weight excluding hydrogens is 397 g/mol. The summed E-state index contributed by atoms with van der Waals surface area (Å²) in [6.45, 7) is 3.35. The fourth-order valence-electron chi connectivity index (χ4n) is 3.30. The van der Waals surface area contributed by atoms with Crippen LogP contribution in [0.3, 0.4) is 0 Å². The number of hydrogen-bond donors (Lipinski definition) is 1. The average Bonchev–Trinajstić information content (AvgIpc) is 2.76. The summed E-state index contributed by atoms with van der Waals surface area (Å²) in [6, 6.07) is 13.3. The van der Waals surface area contributed by atoms with E-state index in [1.807, 2.05) is 55.5 Å². The van der Waals surface area contributed by atoms with Crippen LogP contribution in [0.5, 0.6) is 0 Å². The minimum Gasteiger partial charge on any atom is -0.363 e. The van der Waals surface area contributed by atoms with E-state index in [1.54, 1.807) is 12.1 Å². The zero-order valence-corrected chi connectivity index (χ0v) is 17.8. The molecule has 7 nitrogen and oxygen atoms in total. The second-order valence-corrected chi connectivity index (χ2v) is 7.74. The summed E-state index contributed by atoms with van der Waals surface area (Å²) in [4.78, 5) is 20.4. The summed E-state index contributed by atoms with van der Waals surface area (Å²) in [5.74, 6) is 3.19. The summed E-state index contributed by atoms with van der Waals surface area (Å²) in [7, 11) is 9.73. The zero-order chi connectivity index (χ0) is 21.1. The normalized spacial score (nSPS) is 14.0. The first-order chi connectivity index (χ1) is 14.5. The van der Waals surface area contributed by atoms with E-state index in [0.29, 0.717) is 22.3 Å². The van der Waals surface area contributed by atoms with E-state index in [0.717, 1.165) is 43.5 Å². The lowest BCUT2D eigenvalue weighted by molar-refractivity contribution is 0.635.